The van der Waals surface area contributed by atoms with Crippen molar-refractivity contribution in [3.05, 3.63) is 59.2 Å². The highest BCUT2D eigenvalue weighted by atomic mass is 16.5. The van der Waals surface area contributed by atoms with Crippen molar-refractivity contribution in [3.63, 3.8) is 0 Å². The minimum Gasteiger partial charge on any atom is -0.481 e. The predicted molar refractivity (Wildman–Crippen MR) is 120 cm³/mol. The van der Waals surface area contributed by atoms with Crippen molar-refractivity contribution in [3.8, 4) is 5.75 Å². The summed E-state index contributed by atoms with van der Waals surface area (Å²) in [6.07, 6.45) is -0.484. The number of hydrogen-bond donors (Lipinski definition) is 0. The van der Waals surface area contributed by atoms with Gasteiger partial charge in [-0.05, 0) is 61.1 Å². The van der Waals surface area contributed by atoms with Crippen LogP contribution in [0.5, 0.6) is 5.75 Å². The number of carbonyl (C=O) groups is 1. The average Bonchev–Trinajstić information content (AvgIpc) is 2.69. The van der Waals surface area contributed by atoms with Crippen molar-refractivity contribution in [1.29, 1.82) is 0 Å². The Kier molecular flexibility index (Phi) is 6.21. The Morgan fingerprint density at radius 2 is 1.59 bits per heavy atom. The molecule has 0 N–H and O–H groups in total. The zero-order chi connectivity index (χ0) is 21.2. The largest absolute Gasteiger partial charge is 0.481 e. The number of ether oxygens (including phenoxy) is 1. The van der Waals surface area contributed by atoms with Crippen molar-refractivity contribution in [1.82, 2.24) is 4.90 Å². The second kappa shape index (κ2) is 8.48. The van der Waals surface area contributed by atoms with Crippen LogP contribution in [0.15, 0.2) is 42.5 Å². The number of anilines is 1. The summed E-state index contributed by atoms with van der Waals surface area (Å²) < 4.78 is 5.94. The maximum absolute atomic E-state index is 12.9. The number of piperazine rings is 1. The number of rotatable bonds is 4. The van der Waals surface area contributed by atoms with Crippen LogP contribution in [0.1, 0.15) is 44.4 Å². The van der Waals surface area contributed by atoms with Crippen LogP contribution < -0.4 is 9.64 Å². The van der Waals surface area contributed by atoms with Crippen LogP contribution >= 0.6 is 0 Å². The Bertz CT molecular complexity index is 844. The van der Waals surface area contributed by atoms with Crippen LogP contribution in [0.4, 0.5) is 5.69 Å². The first-order valence-electron chi connectivity index (χ1n) is 10.5. The van der Waals surface area contributed by atoms with Crippen LogP contribution in [-0.4, -0.2) is 43.1 Å². The van der Waals surface area contributed by atoms with Crippen molar-refractivity contribution in [2.75, 3.05) is 31.1 Å². The molecule has 3 rings (SSSR count). The van der Waals surface area contributed by atoms with Gasteiger partial charge in [0.15, 0.2) is 6.10 Å². The topological polar surface area (TPSA) is 32.8 Å². The molecule has 1 unspecified atom stereocenters. The monoisotopic (exact) mass is 394 g/mol. The smallest absolute Gasteiger partial charge is 0.263 e. The molecule has 0 aliphatic carbocycles. The van der Waals surface area contributed by atoms with Crippen LogP contribution in [0.25, 0.3) is 0 Å². The fraction of sp³-hybridized carbons (Fsp3) is 0.480. The van der Waals surface area contributed by atoms with E-state index in [2.05, 4.69) is 69.9 Å². The van der Waals surface area contributed by atoms with Crippen molar-refractivity contribution in [2.24, 2.45) is 0 Å². The molecular formula is C25H34N2O2. The third-order valence-corrected chi connectivity index (χ3v) is 5.89. The number of benzene rings is 2. The summed E-state index contributed by atoms with van der Waals surface area (Å²) in [5, 5.41) is 0. The minimum absolute atomic E-state index is 0.0607. The van der Waals surface area contributed by atoms with E-state index in [1.807, 2.05) is 24.0 Å². The standard InChI is InChI=1S/C25H34N2O2/c1-18-8-7-9-23(19(18)2)26-14-16-27(17-15-26)24(28)20(3)29-22-12-10-21(11-13-22)25(4,5)6/h7-13,20H,14-17H2,1-6H3. The summed E-state index contributed by atoms with van der Waals surface area (Å²) >= 11 is 0. The van der Waals surface area contributed by atoms with Crippen molar-refractivity contribution in [2.45, 2.75) is 53.1 Å². The van der Waals surface area contributed by atoms with E-state index in [-0.39, 0.29) is 11.3 Å². The quantitative estimate of drug-likeness (QED) is 0.752. The van der Waals surface area contributed by atoms with Crippen LogP contribution in [0, 0.1) is 13.8 Å². The van der Waals surface area contributed by atoms with E-state index in [0.717, 1.165) is 31.9 Å². The maximum atomic E-state index is 12.9. The van der Waals surface area contributed by atoms with E-state index >= 15 is 0 Å². The lowest BCUT2D eigenvalue weighted by Gasteiger charge is -2.38. The number of amides is 1. The first kappa shape index (κ1) is 21.2. The van der Waals surface area contributed by atoms with Crippen LogP contribution in [-0.2, 0) is 10.2 Å². The molecule has 0 bridgehead atoms. The van der Waals surface area contributed by atoms with Gasteiger partial charge >= 0.3 is 0 Å². The summed E-state index contributed by atoms with van der Waals surface area (Å²) in [4.78, 5) is 17.2. The molecule has 1 atom stereocenters. The Labute approximate surface area is 175 Å². The van der Waals surface area contributed by atoms with E-state index in [1.165, 1.54) is 22.4 Å². The molecule has 0 saturated carbocycles. The molecule has 0 aromatic heterocycles. The van der Waals surface area contributed by atoms with Crippen molar-refractivity contribution >= 4 is 11.6 Å². The Hall–Kier alpha value is -2.49. The van der Waals surface area contributed by atoms with E-state index in [0.29, 0.717) is 0 Å². The lowest BCUT2D eigenvalue weighted by molar-refractivity contribution is -0.138. The maximum Gasteiger partial charge on any atom is 0.263 e. The summed E-state index contributed by atoms with van der Waals surface area (Å²) in [6, 6.07) is 14.5. The molecule has 2 aromatic rings. The van der Waals surface area contributed by atoms with E-state index < -0.39 is 6.10 Å². The molecule has 4 heteroatoms. The predicted octanol–water partition coefficient (Wildman–Crippen LogP) is 4.72. The highest BCUT2D eigenvalue weighted by molar-refractivity contribution is 5.81. The van der Waals surface area contributed by atoms with Crippen molar-refractivity contribution < 1.29 is 9.53 Å². The number of carbonyl (C=O) groups excluding carboxylic acids is 1. The van der Waals surface area contributed by atoms with Crippen LogP contribution in [0.2, 0.25) is 0 Å². The third kappa shape index (κ3) is 4.92. The van der Waals surface area contributed by atoms with Gasteiger partial charge in [0.1, 0.15) is 5.75 Å². The molecule has 2 aromatic carbocycles. The Morgan fingerprint density at radius 3 is 2.17 bits per heavy atom. The minimum atomic E-state index is -0.484. The second-order valence-corrected chi connectivity index (χ2v) is 9.07. The molecule has 156 valence electrons. The molecule has 1 saturated heterocycles. The Balaban J connectivity index is 1.57. The van der Waals surface area contributed by atoms with Gasteiger partial charge in [-0.3, -0.25) is 4.79 Å². The van der Waals surface area contributed by atoms with E-state index in [9.17, 15) is 4.79 Å². The molecule has 1 aliphatic heterocycles. The van der Waals surface area contributed by atoms with Gasteiger partial charge in [-0.25, -0.2) is 0 Å². The molecule has 4 nitrogen and oxygen atoms in total. The SMILES string of the molecule is Cc1cccc(N2CCN(C(=O)C(C)Oc3ccc(C(C)(C)C)cc3)CC2)c1C. The molecule has 1 amide bonds. The zero-order valence-corrected chi connectivity index (χ0v) is 18.7. The van der Waals surface area contributed by atoms with Gasteiger partial charge < -0.3 is 14.5 Å². The molecule has 1 aliphatic rings. The fourth-order valence-corrected chi connectivity index (χ4v) is 3.79. The number of aryl methyl sites for hydroxylation is 1. The normalized spacial score (nSPS) is 15.9. The summed E-state index contributed by atoms with van der Waals surface area (Å²) in [5.41, 5.74) is 5.27. The van der Waals surface area contributed by atoms with Gasteiger partial charge in [-0.2, -0.15) is 0 Å². The number of hydrogen-bond acceptors (Lipinski definition) is 3. The molecular weight excluding hydrogens is 360 g/mol. The molecule has 0 spiro atoms. The van der Waals surface area contributed by atoms with Gasteiger partial charge in [-0.15, -0.1) is 0 Å². The van der Waals surface area contributed by atoms with E-state index in [4.69, 9.17) is 4.74 Å². The Morgan fingerprint density at radius 1 is 0.966 bits per heavy atom. The second-order valence-electron chi connectivity index (χ2n) is 9.07. The molecule has 29 heavy (non-hydrogen) atoms. The lowest BCUT2D eigenvalue weighted by Crippen LogP contribution is -2.52. The van der Waals surface area contributed by atoms with Gasteiger partial charge in [0.2, 0.25) is 0 Å². The van der Waals surface area contributed by atoms with Gasteiger partial charge in [0.25, 0.3) is 5.91 Å². The highest BCUT2D eigenvalue weighted by Gasteiger charge is 2.27. The van der Waals surface area contributed by atoms with Gasteiger partial charge in [0.05, 0.1) is 0 Å². The summed E-state index contributed by atoms with van der Waals surface area (Å²) in [5.74, 6) is 0.804. The van der Waals surface area contributed by atoms with Gasteiger partial charge in [-0.1, -0.05) is 45.0 Å². The lowest BCUT2D eigenvalue weighted by atomic mass is 9.87. The first-order chi connectivity index (χ1) is 13.7. The molecule has 0 radical (unpaired) electrons. The summed E-state index contributed by atoms with van der Waals surface area (Å²) in [7, 11) is 0. The van der Waals surface area contributed by atoms with Crippen LogP contribution in [0.3, 0.4) is 0 Å². The molecule has 1 fully saturated rings. The fourth-order valence-electron chi connectivity index (χ4n) is 3.79. The first-order valence-corrected chi connectivity index (χ1v) is 10.5. The highest BCUT2D eigenvalue weighted by Crippen LogP contribution is 2.26. The third-order valence-electron chi connectivity index (χ3n) is 5.89. The average molecular weight is 395 g/mol. The summed E-state index contributed by atoms with van der Waals surface area (Å²) in [6.45, 7) is 15.9. The van der Waals surface area contributed by atoms with Gasteiger partial charge in [0, 0.05) is 31.9 Å². The number of nitrogens with zero attached hydrogens (tertiary/aromatic N) is 2. The zero-order valence-electron chi connectivity index (χ0n) is 18.7. The van der Waals surface area contributed by atoms with E-state index in [1.54, 1.807) is 0 Å². The molecule has 1 heterocycles.